The van der Waals surface area contributed by atoms with Crippen LogP contribution in [0.5, 0.6) is 0 Å². The molecular formula is C13H24N2O3S. The zero-order chi connectivity index (χ0) is 14.6. The van der Waals surface area contributed by atoms with Gasteiger partial charge in [0.05, 0.1) is 6.54 Å². The second-order valence-corrected chi connectivity index (χ2v) is 6.98. The molecule has 0 radical (unpaired) electrons. The SMILES string of the molecule is CCC(C)CN(C)S(=O)(=O)c1cc(CNC)oc1C. The van der Waals surface area contributed by atoms with Gasteiger partial charge in [0.25, 0.3) is 0 Å². The Hall–Kier alpha value is -0.850. The summed E-state index contributed by atoms with van der Waals surface area (Å²) in [5, 5.41) is 2.94. The average Bonchev–Trinajstić information content (AvgIpc) is 2.71. The molecule has 1 aromatic heterocycles. The highest BCUT2D eigenvalue weighted by atomic mass is 32.2. The van der Waals surface area contributed by atoms with Crippen LogP contribution in [0.4, 0.5) is 0 Å². The first-order valence-corrected chi connectivity index (χ1v) is 7.97. The van der Waals surface area contributed by atoms with Crippen LogP contribution in [0.25, 0.3) is 0 Å². The summed E-state index contributed by atoms with van der Waals surface area (Å²) in [4.78, 5) is 0.267. The van der Waals surface area contributed by atoms with Crippen molar-refractivity contribution in [2.75, 3.05) is 20.6 Å². The summed E-state index contributed by atoms with van der Waals surface area (Å²) < 4.78 is 31.8. The van der Waals surface area contributed by atoms with Crippen molar-refractivity contribution in [3.05, 3.63) is 17.6 Å². The van der Waals surface area contributed by atoms with E-state index in [0.717, 1.165) is 6.42 Å². The van der Waals surface area contributed by atoms with Gasteiger partial charge >= 0.3 is 0 Å². The molecule has 5 nitrogen and oxygen atoms in total. The van der Waals surface area contributed by atoms with Crippen LogP contribution in [-0.4, -0.2) is 33.4 Å². The van der Waals surface area contributed by atoms with Crippen molar-refractivity contribution in [3.8, 4) is 0 Å². The third-order valence-corrected chi connectivity index (χ3v) is 5.16. The van der Waals surface area contributed by atoms with Crippen LogP contribution in [0.3, 0.4) is 0 Å². The van der Waals surface area contributed by atoms with Crippen molar-refractivity contribution < 1.29 is 12.8 Å². The monoisotopic (exact) mass is 288 g/mol. The van der Waals surface area contributed by atoms with Crippen LogP contribution >= 0.6 is 0 Å². The summed E-state index contributed by atoms with van der Waals surface area (Å²) in [6, 6.07) is 1.61. The fraction of sp³-hybridized carbons (Fsp3) is 0.692. The molecule has 1 unspecified atom stereocenters. The smallest absolute Gasteiger partial charge is 0.246 e. The predicted molar refractivity (Wildman–Crippen MR) is 75.5 cm³/mol. The fourth-order valence-electron chi connectivity index (χ4n) is 1.88. The largest absolute Gasteiger partial charge is 0.464 e. The van der Waals surface area contributed by atoms with Crippen LogP contribution < -0.4 is 5.32 Å². The molecule has 1 aromatic rings. The van der Waals surface area contributed by atoms with E-state index in [9.17, 15) is 8.42 Å². The molecule has 0 spiro atoms. The maximum absolute atomic E-state index is 12.5. The minimum atomic E-state index is -3.46. The topological polar surface area (TPSA) is 62.6 Å². The molecule has 110 valence electrons. The number of hydrogen-bond acceptors (Lipinski definition) is 4. The van der Waals surface area contributed by atoms with Crippen LogP contribution in [0.1, 0.15) is 31.8 Å². The van der Waals surface area contributed by atoms with E-state index < -0.39 is 10.0 Å². The molecule has 6 heteroatoms. The van der Waals surface area contributed by atoms with Crippen LogP contribution in [0.2, 0.25) is 0 Å². The number of nitrogens with one attached hydrogen (secondary N) is 1. The second kappa shape index (κ2) is 6.54. The average molecular weight is 288 g/mol. The second-order valence-electron chi connectivity index (χ2n) is 4.96. The Balaban J connectivity index is 2.99. The quantitative estimate of drug-likeness (QED) is 0.833. The highest BCUT2D eigenvalue weighted by Gasteiger charge is 2.26. The third kappa shape index (κ3) is 3.81. The summed E-state index contributed by atoms with van der Waals surface area (Å²) >= 11 is 0. The van der Waals surface area contributed by atoms with E-state index >= 15 is 0 Å². The summed E-state index contributed by atoms with van der Waals surface area (Å²) in [5.41, 5.74) is 0. The zero-order valence-electron chi connectivity index (χ0n) is 12.4. The third-order valence-electron chi connectivity index (χ3n) is 3.23. The minimum Gasteiger partial charge on any atom is -0.464 e. The van der Waals surface area contributed by atoms with Crippen LogP contribution in [-0.2, 0) is 16.6 Å². The normalized spacial score (nSPS) is 14.0. The van der Waals surface area contributed by atoms with Gasteiger partial charge in [-0.1, -0.05) is 20.3 Å². The molecule has 0 aromatic carbocycles. The van der Waals surface area contributed by atoms with E-state index in [-0.39, 0.29) is 4.90 Å². The van der Waals surface area contributed by atoms with Crippen molar-refractivity contribution in [2.45, 2.75) is 38.6 Å². The zero-order valence-corrected chi connectivity index (χ0v) is 13.2. The Morgan fingerprint density at radius 2 is 2.11 bits per heavy atom. The Labute approximate surface area is 116 Å². The first kappa shape index (κ1) is 16.2. The van der Waals surface area contributed by atoms with Gasteiger partial charge in [-0.2, -0.15) is 0 Å². The lowest BCUT2D eigenvalue weighted by Crippen LogP contribution is -2.31. The van der Waals surface area contributed by atoms with Crippen molar-refractivity contribution in [1.82, 2.24) is 9.62 Å². The molecule has 0 saturated carbocycles. The number of nitrogens with zero attached hydrogens (tertiary/aromatic N) is 1. The van der Waals surface area contributed by atoms with E-state index in [1.807, 2.05) is 6.92 Å². The Bertz CT molecular complexity index is 508. The Morgan fingerprint density at radius 1 is 1.47 bits per heavy atom. The lowest BCUT2D eigenvalue weighted by atomic mass is 10.1. The molecule has 1 heterocycles. The van der Waals surface area contributed by atoms with E-state index in [0.29, 0.717) is 30.5 Å². The van der Waals surface area contributed by atoms with Crippen LogP contribution in [0.15, 0.2) is 15.4 Å². The molecule has 0 aliphatic rings. The molecule has 1 N–H and O–H groups in total. The van der Waals surface area contributed by atoms with Crippen LogP contribution in [0, 0.1) is 12.8 Å². The minimum absolute atomic E-state index is 0.267. The molecule has 0 aliphatic carbocycles. The van der Waals surface area contributed by atoms with Crippen molar-refractivity contribution in [1.29, 1.82) is 0 Å². The number of furan rings is 1. The maximum Gasteiger partial charge on any atom is 0.246 e. The standard InChI is InChI=1S/C13H24N2O3S/c1-6-10(2)9-15(5)19(16,17)13-7-12(8-14-4)18-11(13)3/h7,10,14H,6,8-9H2,1-5H3. The number of sulfonamides is 1. The summed E-state index contributed by atoms with van der Waals surface area (Å²) in [5.74, 6) is 1.42. The molecule has 0 saturated heterocycles. The number of hydrogen-bond donors (Lipinski definition) is 1. The van der Waals surface area contributed by atoms with Gasteiger partial charge in [0.1, 0.15) is 16.4 Å². The Kier molecular flexibility index (Phi) is 5.58. The van der Waals surface area contributed by atoms with Gasteiger partial charge < -0.3 is 9.73 Å². The molecule has 0 fully saturated rings. The van der Waals surface area contributed by atoms with Gasteiger partial charge in [0.15, 0.2) is 0 Å². The highest BCUT2D eigenvalue weighted by molar-refractivity contribution is 7.89. The fourth-order valence-corrected chi connectivity index (χ4v) is 3.35. The first-order chi connectivity index (χ1) is 8.82. The maximum atomic E-state index is 12.5. The van der Waals surface area contributed by atoms with Gasteiger partial charge in [-0.15, -0.1) is 0 Å². The van der Waals surface area contributed by atoms with Crippen molar-refractivity contribution >= 4 is 10.0 Å². The molecule has 0 aliphatic heterocycles. The molecule has 1 rings (SSSR count). The number of aryl methyl sites for hydroxylation is 1. The van der Waals surface area contributed by atoms with Gasteiger partial charge in [-0.05, 0) is 19.9 Å². The van der Waals surface area contributed by atoms with Gasteiger partial charge in [0.2, 0.25) is 10.0 Å². The lowest BCUT2D eigenvalue weighted by Gasteiger charge is -2.19. The molecule has 19 heavy (non-hydrogen) atoms. The molecule has 0 bridgehead atoms. The van der Waals surface area contributed by atoms with Gasteiger partial charge in [-0.25, -0.2) is 12.7 Å². The summed E-state index contributed by atoms with van der Waals surface area (Å²) in [7, 11) is -0.0510. The van der Waals surface area contributed by atoms with Gasteiger partial charge in [0, 0.05) is 19.7 Å². The first-order valence-electron chi connectivity index (χ1n) is 6.53. The predicted octanol–water partition coefficient (Wildman–Crippen LogP) is 1.97. The van der Waals surface area contributed by atoms with Crippen molar-refractivity contribution in [3.63, 3.8) is 0 Å². The number of rotatable bonds is 7. The summed E-state index contributed by atoms with van der Waals surface area (Å²) in [6.07, 6.45) is 0.954. The van der Waals surface area contributed by atoms with Gasteiger partial charge in [-0.3, -0.25) is 0 Å². The van der Waals surface area contributed by atoms with Crippen molar-refractivity contribution in [2.24, 2.45) is 5.92 Å². The molecule has 0 amide bonds. The lowest BCUT2D eigenvalue weighted by molar-refractivity contribution is 0.392. The summed E-state index contributed by atoms with van der Waals surface area (Å²) in [6.45, 7) is 6.82. The van der Waals surface area contributed by atoms with E-state index in [4.69, 9.17) is 4.42 Å². The molecular weight excluding hydrogens is 264 g/mol. The molecule has 1 atom stereocenters. The van der Waals surface area contributed by atoms with E-state index in [1.165, 1.54) is 4.31 Å². The highest BCUT2D eigenvalue weighted by Crippen LogP contribution is 2.23. The van der Waals surface area contributed by atoms with E-state index in [1.54, 1.807) is 27.1 Å². The Morgan fingerprint density at radius 3 is 2.63 bits per heavy atom. The van der Waals surface area contributed by atoms with E-state index in [2.05, 4.69) is 12.2 Å².